The highest BCUT2D eigenvalue weighted by Gasteiger charge is 2.09. The monoisotopic (exact) mass is 425 g/mol. The predicted octanol–water partition coefficient (Wildman–Crippen LogP) is 5.44. The van der Waals surface area contributed by atoms with E-state index in [1.807, 2.05) is 24.3 Å². The number of aromatic nitrogens is 1. The van der Waals surface area contributed by atoms with Crippen LogP contribution in [0.5, 0.6) is 0 Å². The van der Waals surface area contributed by atoms with Gasteiger partial charge in [0.25, 0.3) is 0 Å². The van der Waals surface area contributed by atoms with Gasteiger partial charge >= 0.3 is 0 Å². The Labute approximate surface area is 181 Å². The van der Waals surface area contributed by atoms with Gasteiger partial charge in [-0.3, -0.25) is 4.79 Å². The summed E-state index contributed by atoms with van der Waals surface area (Å²) in [4.78, 5) is 12.0. The fourth-order valence-corrected chi connectivity index (χ4v) is 4.16. The van der Waals surface area contributed by atoms with Gasteiger partial charge in [-0.25, -0.2) is 5.43 Å². The molecule has 0 aliphatic heterocycles. The molecule has 1 N–H and O–H groups in total. The van der Waals surface area contributed by atoms with E-state index in [1.54, 1.807) is 6.21 Å². The lowest BCUT2D eigenvalue weighted by molar-refractivity contribution is -0.118. The third-order valence-corrected chi connectivity index (χ3v) is 5.75. The van der Waals surface area contributed by atoms with Gasteiger partial charge in [0.05, 0.1) is 12.0 Å². The van der Waals surface area contributed by atoms with Crippen molar-refractivity contribution in [2.75, 3.05) is 5.75 Å². The number of benzene rings is 2. The number of carbonyl (C=O) groups excluding carboxylic acids is 1. The number of hydrogen-bond donors (Lipinski definition) is 1. The number of halogens is 1. The lowest BCUT2D eigenvalue weighted by Crippen LogP contribution is -2.19. The minimum absolute atomic E-state index is 0.124. The summed E-state index contributed by atoms with van der Waals surface area (Å²) < 4.78 is 2.19. The third-order valence-electron chi connectivity index (χ3n) is 4.51. The van der Waals surface area contributed by atoms with E-state index < -0.39 is 0 Å². The second-order valence-corrected chi connectivity index (χ2v) is 8.34. The summed E-state index contributed by atoms with van der Waals surface area (Å²) in [7, 11) is 0. The minimum Gasteiger partial charge on any atom is -0.318 e. The molecule has 0 saturated heterocycles. The summed E-state index contributed by atoms with van der Waals surface area (Å²) >= 11 is 7.51. The standard InChI is InChI=1S/C23H24ClN3OS/c1-16-6-4-9-22(10-16)27-17(2)11-20(18(27)3)13-25-26-23(28)15-29-14-19-7-5-8-21(24)12-19/h4-13H,14-15H2,1-3H3,(H,26,28)/b25-13+. The van der Waals surface area contributed by atoms with Crippen LogP contribution in [0.4, 0.5) is 0 Å². The number of carbonyl (C=O) groups is 1. The molecule has 6 heteroatoms. The van der Waals surface area contributed by atoms with E-state index in [-0.39, 0.29) is 5.91 Å². The van der Waals surface area contributed by atoms with Crippen molar-refractivity contribution in [3.63, 3.8) is 0 Å². The molecular weight excluding hydrogens is 402 g/mol. The summed E-state index contributed by atoms with van der Waals surface area (Å²) in [5.74, 6) is 0.947. The number of hydrazone groups is 1. The Morgan fingerprint density at radius 1 is 1.14 bits per heavy atom. The van der Waals surface area contributed by atoms with Gasteiger partial charge in [-0.1, -0.05) is 35.9 Å². The van der Waals surface area contributed by atoms with Crippen LogP contribution in [0.3, 0.4) is 0 Å². The first-order chi connectivity index (χ1) is 13.9. The van der Waals surface area contributed by atoms with Gasteiger partial charge in [0.1, 0.15) is 0 Å². The quantitative estimate of drug-likeness (QED) is 0.404. The van der Waals surface area contributed by atoms with Crippen LogP contribution >= 0.6 is 23.4 Å². The zero-order valence-electron chi connectivity index (χ0n) is 16.8. The van der Waals surface area contributed by atoms with Crippen LogP contribution in [-0.4, -0.2) is 22.4 Å². The molecule has 0 aliphatic rings. The van der Waals surface area contributed by atoms with Crippen LogP contribution in [-0.2, 0) is 10.5 Å². The average Bonchev–Trinajstić information content (AvgIpc) is 2.95. The fraction of sp³-hybridized carbons (Fsp3) is 0.217. The Kier molecular flexibility index (Phi) is 7.18. The highest BCUT2D eigenvalue weighted by Crippen LogP contribution is 2.20. The van der Waals surface area contributed by atoms with Crippen molar-refractivity contribution in [1.29, 1.82) is 0 Å². The second-order valence-electron chi connectivity index (χ2n) is 6.92. The molecule has 3 aromatic rings. The zero-order chi connectivity index (χ0) is 20.8. The number of hydrogen-bond acceptors (Lipinski definition) is 3. The van der Waals surface area contributed by atoms with Crippen LogP contribution in [0.25, 0.3) is 5.69 Å². The number of aryl methyl sites for hydroxylation is 2. The molecule has 2 aromatic carbocycles. The molecule has 1 aromatic heterocycles. The molecule has 0 spiro atoms. The lowest BCUT2D eigenvalue weighted by Gasteiger charge is -2.10. The number of nitrogens with one attached hydrogen (secondary N) is 1. The van der Waals surface area contributed by atoms with Crippen molar-refractivity contribution >= 4 is 35.5 Å². The van der Waals surface area contributed by atoms with Crippen LogP contribution in [0.1, 0.15) is 28.1 Å². The molecule has 0 atom stereocenters. The first kappa shape index (κ1) is 21.2. The molecule has 0 radical (unpaired) electrons. The Balaban J connectivity index is 1.56. The van der Waals surface area contributed by atoms with E-state index in [9.17, 15) is 4.79 Å². The Hall–Kier alpha value is -2.50. The van der Waals surface area contributed by atoms with Crippen molar-refractivity contribution in [1.82, 2.24) is 9.99 Å². The highest BCUT2D eigenvalue weighted by molar-refractivity contribution is 7.99. The first-order valence-electron chi connectivity index (χ1n) is 9.34. The second kappa shape index (κ2) is 9.81. The molecule has 0 fully saturated rings. The number of thioether (sulfide) groups is 1. The van der Waals surface area contributed by atoms with E-state index in [1.165, 1.54) is 17.3 Å². The van der Waals surface area contributed by atoms with Crippen LogP contribution in [0.2, 0.25) is 5.02 Å². The third kappa shape index (κ3) is 5.75. The van der Waals surface area contributed by atoms with Gasteiger partial charge in [-0.15, -0.1) is 11.8 Å². The molecule has 1 heterocycles. The molecule has 3 rings (SSSR count). The van der Waals surface area contributed by atoms with Crippen molar-refractivity contribution < 1.29 is 4.79 Å². The summed E-state index contributed by atoms with van der Waals surface area (Å²) in [6, 6.07) is 18.1. The number of rotatable bonds is 7. The Morgan fingerprint density at radius 2 is 1.93 bits per heavy atom. The Morgan fingerprint density at radius 3 is 2.69 bits per heavy atom. The number of nitrogens with zero attached hydrogens (tertiary/aromatic N) is 2. The first-order valence-corrected chi connectivity index (χ1v) is 10.9. The van der Waals surface area contributed by atoms with Gasteiger partial charge in [0, 0.05) is 33.4 Å². The van der Waals surface area contributed by atoms with Gasteiger partial charge in [0.2, 0.25) is 5.91 Å². The smallest absolute Gasteiger partial charge is 0.250 e. The SMILES string of the molecule is Cc1cccc(-n2c(C)cc(/C=N/NC(=O)CSCc3cccc(Cl)c3)c2C)c1. The molecule has 4 nitrogen and oxygen atoms in total. The molecule has 0 saturated carbocycles. The van der Waals surface area contributed by atoms with Crippen LogP contribution < -0.4 is 5.43 Å². The van der Waals surface area contributed by atoms with E-state index >= 15 is 0 Å². The molecule has 1 amide bonds. The molecule has 29 heavy (non-hydrogen) atoms. The molecule has 150 valence electrons. The fourth-order valence-electron chi connectivity index (χ4n) is 3.18. The Bertz CT molecular complexity index is 1040. The summed E-state index contributed by atoms with van der Waals surface area (Å²) in [5.41, 5.74) is 9.24. The maximum absolute atomic E-state index is 12.0. The maximum atomic E-state index is 12.0. The summed E-state index contributed by atoms with van der Waals surface area (Å²) in [6.07, 6.45) is 1.70. The van der Waals surface area contributed by atoms with Crippen LogP contribution in [0.15, 0.2) is 59.7 Å². The van der Waals surface area contributed by atoms with E-state index in [2.05, 4.69) is 66.2 Å². The van der Waals surface area contributed by atoms with Crippen molar-refractivity contribution in [3.05, 3.63) is 87.7 Å². The predicted molar refractivity (Wildman–Crippen MR) is 123 cm³/mol. The van der Waals surface area contributed by atoms with Crippen molar-refractivity contribution in [3.8, 4) is 5.69 Å². The van der Waals surface area contributed by atoms with Gasteiger partial charge in [-0.05, 0) is 62.2 Å². The zero-order valence-corrected chi connectivity index (χ0v) is 18.3. The maximum Gasteiger partial charge on any atom is 0.250 e. The minimum atomic E-state index is -0.124. The van der Waals surface area contributed by atoms with Crippen LogP contribution in [0, 0.1) is 20.8 Å². The van der Waals surface area contributed by atoms with E-state index in [0.29, 0.717) is 10.8 Å². The summed E-state index contributed by atoms with van der Waals surface area (Å²) in [5, 5.41) is 4.84. The lowest BCUT2D eigenvalue weighted by atomic mass is 10.2. The normalized spacial score (nSPS) is 11.2. The topological polar surface area (TPSA) is 46.4 Å². The largest absolute Gasteiger partial charge is 0.318 e. The van der Waals surface area contributed by atoms with Gasteiger partial charge in [-0.2, -0.15) is 5.10 Å². The average molecular weight is 426 g/mol. The van der Waals surface area contributed by atoms with Crippen molar-refractivity contribution in [2.45, 2.75) is 26.5 Å². The summed E-state index contributed by atoms with van der Waals surface area (Å²) in [6.45, 7) is 6.21. The molecular formula is C23H24ClN3OS. The van der Waals surface area contributed by atoms with Gasteiger partial charge in [0.15, 0.2) is 0 Å². The number of amides is 1. The van der Waals surface area contributed by atoms with Crippen molar-refractivity contribution in [2.24, 2.45) is 5.10 Å². The van der Waals surface area contributed by atoms with E-state index in [4.69, 9.17) is 11.6 Å². The highest BCUT2D eigenvalue weighted by atomic mass is 35.5. The molecule has 0 aliphatic carbocycles. The van der Waals surface area contributed by atoms with E-state index in [0.717, 1.165) is 34.0 Å². The molecule has 0 unspecified atom stereocenters. The molecule has 0 bridgehead atoms. The van der Waals surface area contributed by atoms with Gasteiger partial charge < -0.3 is 4.57 Å².